The Balaban J connectivity index is 1.99. The SMILES string of the molecule is C=C(NCc1c(C(C)C)c(Sc2cc(Cl)cc(Cl)c2)n(Cc2ccncc2)c1C)C(COC(C)(C)C)NC. The third-order valence-corrected chi connectivity index (χ3v) is 7.85. The highest BCUT2D eigenvalue weighted by molar-refractivity contribution is 7.99. The van der Waals surface area contributed by atoms with E-state index in [0.717, 1.165) is 17.1 Å². The molecule has 0 aliphatic carbocycles. The molecule has 206 valence electrons. The van der Waals surface area contributed by atoms with Crippen molar-refractivity contribution in [3.63, 3.8) is 0 Å². The predicted molar refractivity (Wildman–Crippen MR) is 162 cm³/mol. The molecule has 2 heterocycles. The average molecular weight is 576 g/mol. The molecule has 1 unspecified atom stereocenters. The summed E-state index contributed by atoms with van der Waals surface area (Å²) < 4.78 is 8.41. The van der Waals surface area contributed by atoms with Crippen molar-refractivity contribution in [1.29, 1.82) is 0 Å². The van der Waals surface area contributed by atoms with Gasteiger partial charge in [0.25, 0.3) is 0 Å². The second kappa shape index (κ2) is 13.4. The van der Waals surface area contributed by atoms with Crippen LogP contribution in [0.2, 0.25) is 10.0 Å². The van der Waals surface area contributed by atoms with Crippen LogP contribution in [0.5, 0.6) is 0 Å². The van der Waals surface area contributed by atoms with Gasteiger partial charge in [-0.2, -0.15) is 0 Å². The number of nitrogens with one attached hydrogen (secondary N) is 2. The van der Waals surface area contributed by atoms with E-state index in [1.54, 1.807) is 17.8 Å². The molecule has 2 aromatic heterocycles. The maximum Gasteiger partial charge on any atom is 0.0840 e. The van der Waals surface area contributed by atoms with E-state index in [9.17, 15) is 0 Å². The molecule has 0 saturated carbocycles. The average Bonchev–Trinajstić information content (AvgIpc) is 3.08. The van der Waals surface area contributed by atoms with E-state index in [4.69, 9.17) is 27.9 Å². The molecule has 0 aliphatic heterocycles. The van der Waals surface area contributed by atoms with Gasteiger partial charge in [0.2, 0.25) is 0 Å². The third kappa shape index (κ3) is 8.27. The highest BCUT2D eigenvalue weighted by Crippen LogP contribution is 2.41. The molecule has 0 saturated heterocycles. The van der Waals surface area contributed by atoms with Gasteiger partial charge in [0, 0.05) is 51.8 Å². The Bertz CT molecular complexity index is 1220. The number of halogens is 2. The third-order valence-electron chi connectivity index (χ3n) is 6.30. The molecule has 0 spiro atoms. The quantitative estimate of drug-likeness (QED) is 0.231. The molecule has 5 nitrogen and oxygen atoms in total. The van der Waals surface area contributed by atoms with Crippen molar-refractivity contribution < 1.29 is 4.74 Å². The summed E-state index contributed by atoms with van der Waals surface area (Å²) in [4.78, 5) is 5.20. The van der Waals surface area contributed by atoms with Crippen molar-refractivity contribution in [2.24, 2.45) is 0 Å². The monoisotopic (exact) mass is 574 g/mol. The Morgan fingerprint density at radius 1 is 1.13 bits per heavy atom. The first kappa shape index (κ1) is 30.6. The number of hydrogen-bond donors (Lipinski definition) is 2. The van der Waals surface area contributed by atoms with Crippen LogP contribution in [-0.2, 0) is 17.8 Å². The van der Waals surface area contributed by atoms with Crippen LogP contribution in [0.4, 0.5) is 0 Å². The lowest BCUT2D eigenvalue weighted by Gasteiger charge is -2.26. The minimum absolute atomic E-state index is 0.00150. The van der Waals surface area contributed by atoms with Gasteiger partial charge in [0.05, 0.1) is 23.3 Å². The standard InChI is InChI=1S/C30H40Cl2N4OS/c1-19(2)28-26(16-35-20(3)27(33-8)18-37-30(5,6)7)21(4)36(17-22-9-11-34-12-10-22)29(28)38-25-14-23(31)13-24(32)15-25/h9-15,19,27,33,35H,3,16-18H2,1-2,4-8H3. The molecule has 3 aromatic rings. The summed E-state index contributed by atoms with van der Waals surface area (Å²) in [6.07, 6.45) is 3.68. The van der Waals surface area contributed by atoms with E-state index in [2.05, 4.69) is 80.4 Å². The zero-order valence-electron chi connectivity index (χ0n) is 23.5. The molecule has 3 rings (SSSR count). The van der Waals surface area contributed by atoms with Gasteiger partial charge < -0.3 is 19.9 Å². The van der Waals surface area contributed by atoms with Gasteiger partial charge in [-0.3, -0.25) is 4.98 Å². The minimum Gasteiger partial charge on any atom is -0.383 e. The summed E-state index contributed by atoms with van der Waals surface area (Å²) in [6, 6.07) is 9.82. The maximum absolute atomic E-state index is 6.36. The van der Waals surface area contributed by atoms with Crippen LogP contribution in [-0.4, -0.2) is 34.8 Å². The van der Waals surface area contributed by atoms with E-state index in [1.165, 1.54) is 27.4 Å². The van der Waals surface area contributed by atoms with E-state index in [-0.39, 0.29) is 11.6 Å². The lowest BCUT2D eigenvalue weighted by molar-refractivity contribution is -0.00996. The first-order valence-electron chi connectivity index (χ1n) is 12.9. The van der Waals surface area contributed by atoms with Crippen LogP contribution in [0.1, 0.15) is 62.9 Å². The molecule has 0 bridgehead atoms. The molecule has 0 radical (unpaired) electrons. The van der Waals surface area contributed by atoms with Crippen LogP contribution in [0.25, 0.3) is 0 Å². The van der Waals surface area contributed by atoms with E-state index < -0.39 is 0 Å². The first-order chi connectivity index (χ1) is 17.9. The fourth-order valence-corrected chi connectivity index (χ4v) is 6.32. The zero-order chi connectivity index (χ0) is 28.0. The number of pyridine rings is 1. The van der Waals surface area contributed by atoms with Gasteiger partial charge in [-0.1, -0.05) is 55.4 Å². The molecule has 0 aliphatic rings. The van der Waals surface area contributed by atoms with Crippen LogP contribution in [0, 0.1) is 6.92 Å². The largest absolute Gasteiger partial charge is 0.383 e. The topological polar surface area (TPSA) is 51.1 Å². The minimum atomic E-state index is -0.212. The van der Waals surface area contributed by atoms with Gasteiger partial charge in [-0.05, 0) is 87.7 Å². The van der Waals surface area contributed by atoms with Gasteiger partial charge in [0.15, 0.2) is 0 Å². The van der Waals surface area contributed by atoms with Crippen molar-refractivity contribution in [3.8, 4) is 0 Å². The normalized spacial score (nSPS) is 12.7. The highest BCUT2D eigenvalue weighted by Gasteiger charge is 2.24. The molecule has 8 heteroatoms. The fourth-order valence-electron chi connectivity index (χ4n) is 4.29. The molecule has 1 aromatic carbocycles. The van der Waals surface area contributed by atoms with Gasteiger partial charge in [-0.15, -0.1) is 0 Å². The number of hydrogen-bond acceptors (Lipinski definition) is 5. The fraction of sp³-hybridized carbons (Fsp3) is 0.433. The summed E-state index contributed by atoms with van der Waals surface area (Å²) in [6.45, 7) is 19.1. The summed E-state index contributed by atoms with van der Waals surface area (Å²) in [5.74, 6) is 0.305. The van der Waals surface area contributed by atoms with Crippen molar-refractivity contribution in [2.75, 3.05) is 13.7 Å². The maximum atomic E-state index is 6.36. The number of ether oxygens (including phenoxy) is 1. The van der Waals surface area contributed by atoms with Crippen LogP contribution >= 0.6 is 35.0 Å². The smallest absolute Gasteiger partial charge is 0.0840 e. The van der Waals surface area contributed by atoms with Gasteiger partial charge in [0.1, 0.15) is 0 Å². The number of benzene rings is 1. The molecule has 2 N–H and O–H groups in total. The first-order valence-corrected chi connectivity index (χ1v) is 14.5. The van der Waals surface area contributed by atoms with Crippen LogP contribution < -0.4 is 10.6 Å². The van der Waals surface area contributed by atoms with Crippen molar-refractivity contribution >= 4 is 35.0 Å². The Kier molecular flexibility index (Phi) is 10.8. The number of nitrogens with zero attached hydrogens (tertiary/aromatic N) is 2. The zero-order valence-corrected chi connectivity index (χ0v) is 25.8. The van der Waals surface area contributed by atoms with E-state index >= 15 is 0 Å². The lowest BCUT2D eigenvalue weighted by atomic mass is 10.0. The predicted octanol–water partition coefficient (Wildman–Crippen LogP) is 7.83. The lowest BCUT2D eigenvalue weighted by Crippen LogP contribution is -2.39. The Morgan fingerprint density at radius 3 is 2.32 bits per heavy atom. The molecule has 0 fully saturated rings. The molecule has 1 atom stereocenters. The van der Waals surface area contributed by atoms with Crippen molar-refractivity contribution in [2.45, 2.75) is 82.1 Å². The van der Waals surface area contributed by atoms with Crippen LogP contribution in [0.15, 0.2) is 64.9 Å². The number of rotatable bonds is 12. The summed E-state index contributed by atoms with van der Waals surface area (Å²) in [5.41, 5.74) is 5.69. The number of likely N-dealkylation sites (N-methyl/N-ethyl adjacent to an activating group) is 1. The van der Waals surface area contributed by atoms with Gasteiger partial charge >= 0.3 is 0 Å². The van der Waals surface area contributed by atoms with E-state index in [0.29, 0.717) is 29.1 Å². The van der Waals surface area contributed by atoms with Crippen molar-refractivity contribution in [3.05, 3.63) is 87.4 Å². The van der Waals surface area contributed by atoms with Gasteiger partial charge in [-0.25, -0.2) is 0 Å². The Labute approximate surface area is 242 Å². The van der Waals surface area contributed by atoms with Crippen molar-refractivity contribution in [1.82, 2.24) is 20.2 Å². The second-order valence-corrected chi connectivity index (χ2v) is 12.7. The highest BCUT2D eigenvalue weighted by atomic mass is 35.5. The Morgan fingerprint density at radius 2 is 1.76 bits per heavy atom. The summed E-state index contributed by atoms with van der Waals surface area (Å²) in [7, 11) is 1.93. The van der Waals surface area contributed by atoms with Crippen LogP contribution in [0.3, 0.4) is 0 Å². The summed E-state index contributed by atoms with van der Waals surface area (Å²) >= 11 is 14.4. The molecular weight excluding hydrogens is 535 g/mol. The number of aromatic nitrogens is 2. The summed E-state index contributed by atoms with van der Waals surface area (Å²) in [5, 5.41) is 9.37. The second-order valence-electron chi connectivity index (χ2n) is 10.7. The molecule has 0 amide bonds. The molecular formula is C30H40Cl2N4OS. The Hall–Kier alpha value is -1.96. The van der Waals surface area contributed by atoms with E-state index in [1.807, 2.05) is 31.6 Å². The molecule has 38 heavy (non-hydrogen) atoms.